The zero-order valence-corrected chi connectivity index (χ0v) is 14.8. The van der Waals surface area contributed by atoms with Gasteiger partial charge in [0.1, 0.15) is 11.5 Å². The first kappa shape index (κ1) is 16.1. The van der Waals surface area contributed by atoms with Crippen molar-refractivity contribution in [3.63, 3.8) is 0 Å². The summed E-state index contributed by atoms with van der Waals surface area (Å²) in [6.07, 6.45) is 3.99. The molecule has 0 aliphatic carbocycles. The third-order valence-corrected chi connectivity index (χ3v) is 5.74. The molecule has 4 rings (SSSR count). The number of nitrogens with one attached hydrogen (secondary N) is 2. The van der Waals surface area contributed by atoms with Gasteiger partial charge in [-0.3, -0.25) is 14.8 Å². The van der Waals surface area contributed by atoms with Gasteiger partial charge in [0.25, 0.3) is 5.91 Å². The van der Waals surface area contributed by atoms with Crippen molar-refractivity contribution in [2.24, 2.45) is 0 Å². The third kappa shape index (κ3) is 3.25. The van der Waals surface area contributed by atoms with Gasteiger partial charge in [0.15, 0.2) is 5.76 Å². The monoisotopic (exact) mass is 356 g/mol. The number of nitrogens with zero attached hydrogens (tertiary/aromatic N) is 2. The zero-order valence-electron chi connectivity index (χ0n) is 14.0. The molecule has 0 saturated carbocycles. The Kier molecular flexibility index (Phi) is 4.42. The van der Waals surface area contributed by atoms with Gasteiger partial charge >= 0.3 is 0 Å². The summed E-state index contributed by atoms with van der Waals surface area (Å²) in [5.41, 5.74) is 0.887. The van der Waals surface area contributed by atoms with Crippen LogP contribution in [0, 0.1) is 0 Å². The topological polar surface area (TPSA) is 74.2 Å². The van der Waals surface area contributed by atoms with Crippen LogP contribution >= 0.6 is 11.3 Å². The quantitative estimate of drug-likeness (QED) is 0.734. The number of hydrogen-bond donors (Lipinski definition) is 2. The molecule has 4 heterocycles. The van der Waals surface area contributed by atoms with Crippen LogP contribution < -0.4 is 5.32 Å². The van der Waals surface area contributed by atoms with Gasteiger partial charge in [-0.2, -0.15) is 5.10 Å². The van der Waals surface area contributed by atoms with Crippen LogP contribution in [-0.4, -0.2) is 34.6 Å². The average molecular weight is 356 g/mol. The highest BCUT2D eigenvalue weighted by Crippen LogP contribution is 2.37. The van der Waals surface area contributed by atoms with E-state index in [9.17, 15) is 4.79 Å². The fourth-order valence-electron chi connectivity index (χ4n) is 3.32. The van der Waals surface area contributed by atoms with Crippen molar-refractivity contribution in [3.8, 4) is 11.5 Å². The third-order valence-electron chi connectivity index (χ3n) is 4.56. The van der Waals surface area contributed by atoms with E-state index in [2.05, 4.69) is 26.5 Å². The van der Waals surface area contributed by atoms with E-state index in [-0.39, 0.29) is 5.91 Å². The van der Waals surface area contributed by atoms with E-state index in [0.29, 0.717) is 6.04 Å². The lowest BCUT2D eigenvalue weighted by molar-refractivity contribution is 0.0967. The fourth-order valence-corrected chi connectivity index (χ4v) is 4.44. The van der Waals surface area contributed by atoms with Crippen molar-refractivity contribution in [1.29, 1.82) is 0 Å². The van der Waals surface area contributed by atoms with Gasteiger partial charge in [-0.05, 0) is 49.7 Å². The summed E-state index contributed by atoms with van der Waals surface area (Å²) in [5.74, 6) is 1.73. The number of furan rings is 1. The van der Waals surface area contributed by atoms with E-state index in [4.69, 9.17) is 4.42 Å². The van der Waals surface area contributed by atoms with E-state index in [1.54, 1.807) is 24.6 Å². The van der Waals surface area contributed by atoms with E-state index in [1.165, 1.54) is 4.88 Å². The standard InChI is InChI=1S/C18H20N4O2S/c1-19-18(23)17-7-6-16(25-17)14-3-2-10-22(14)11-12-4-5-15(24-12)13-8-9-20-21-13/h4-9,14H,2-3,10-11H2,1H3,(H,19,23)(H,20,21)/t14-/m0/s1. The second-order valence-corrected chi connectivity index (χ2v) is 7.26. The average Bonchev–Trinajstić information content (AvgIpc) is 3.38. The smallest absolute Gasteiger partial charge is 0.261 e. The first-order valence-corrected chi connectivity index (χ1v) is 9.20. The zero-order chi connectivity index (χ0) is 17.2. The number of aromatic nitrogens is 2. The van der Waals surface area contributed by atoms with Gasteiger partial charge in [0.05, 0.1) is 11.4 Å². The van der Waals surface area contributed by atoms with Crippen LogP contribution in [0.15, 0.2) is 40.9 Å². The summed E-state index contributed by atoms with van der Waals surface area (Å²) in [4.78, 5) is 16.2. The second-order valence-electron chi connectivity index (χ2n) is 6.15. The Morgan fingerprint density at radius 1 is 1.40 bits per heavy atom. The fraction of sp³-hybridized carbons (Fsp3) is 0.333. The number of likely N-dealkylation sites (tertiary alicyclic amines) is 1. The molecule has 1 amide bonds. The highest BCUT2D eigenvalue weighted by Gasteiger charge is 2.28. The molecule has 7 heteroatoms. The normalized spacial score (nSPS) is 17.9. The predicted molar refractivity (Wildman–Crippen MR) is 96.4 cm³/mol. The molecule has 0 radical (unpaired) electrons. The number of thiophene rings is 1. The van der Waals surface area contributed by atoms with Gasteiger partial charge in [0.2, 0.25) is 0 Å². The van der Waals surface area contributed by atoms with Crippen molar-refractivity contribution < 1.29 is 9.21 Å². The molecule has 25 heavy (non-hydrogen) atoms. The van der Waals surface area contributed by atoms with E-state index >= 15 is 0 Å². The van der Waals surface area contributed by atoms with Crippen LogP contribution in [0.25, 0.3) is 11.5 Å². The number of carbonyl (C=O) groups excluding carboxylic acids is 1. The van der Waals surface area contributed by atoms with Crippen LogP contribution in [-0.2, 0) is 6.54 Å². The van der Waals surface area contributed by atoms with Crippen molar-refractivity contribution in [2.75, 3.05) is 13.6 Å². The Morgan fingerprint density at radius 2 is 2.32 bits per heavy atom. The summed E-state index contributed by atoms with van der Waals surface area (Å²) in [6, 6.07) is 10.2. The molecule has 0 aromatic carbocycles. The van der Waals surface area contributed by atoms with Crippen LogP contribution in [0.5, 0.6) is 0 Å². The molecule has 1 atom stereocenters. The number of aromatic amines is 1. The maximum Gasteiger partial charge on any atom is 0.261 e. The molecule has 1 saturated heterocycles. The highest BCUT2D eigenvalue weighted by atomic mass is 32.1. The van der Waals surface area contributed by atoms with Gasteiger partial charge in [-0.1, -0.05) is 0 Å². The van der Waals surface area contributed by atoms with Crippen LogP contribution in [0.1, 0.15) is 39.2 Å². The molecule has 130 valence electrons. The maximum absolute atomic E-state index is 11.8. The number of carbonyl (C=O) groups is 1. The van der Waals surface area contributed by atoms with Crippen LogP contribution in [0.4, 0.5) is 0 Å². The Balaban J connectivity index is 1.48. The molecule has 6 nitrogen and oxygen atoms in total. The molecular formula is C18H20N4O2S. The van der Waals surface area contributed by atoms with Crippen molar-refractivity contribution in [2.45, 2.75) is 25.4 Å². The summed E-state index contributed by atoms with van der Waals surface area (Å²) in [7, 11) is 1.66. The molecule has 3 aromatic rings. The minimum Gasteiger partial charge on any atom is -0.458 e. The highest BCUT2D eigenvalue weighted by molar-refractivity contribution is 7.14. The summed E-state index contributed by atoms with van der Waals surface area (Å²) < 4.78 is 5.96. The minimum absolute atomic E-state index is 0.0176. The molecule has 1 aliphatic rings. The largest absolute Gasteiger partial charge is 0.458 e. The summed E-state index contributed by atoms with van der Waals surface area (Å²) >= 11 is 1.58. The van der Waals surface area contributed by atoms with Crippen molar-refractivity contribution in [3.05, 3.63) is 52.0 Å². The van der Waals surface area contributed by atoms with E-state index in [0.717, 1.165) is 48.0 Å². The molecular weight excluding hydrogens is 336 g/mol. The van der Waals surface area contributed by atoms with Gasteiger partial charge in [-0.25, -0.2) is 0 Å². The summed E-state index contributed by atoms with van der Waals surface area (Å²) in [5, 5.41) is 9.57. The molecule has 3 aromatic heterocycles. The first-order chi connectivity index (χ1) is 12.2. The second kappa shape index (κ2) is 6.85. The van der Waals surface area contributed by atoms with E-state index < -0.39 is 0 Å². The molecule has 1 aliphatic heterocycles. The lowest BCUT2D eigenvalue weighted by Crippen LogP contribution is -2.21. The molecule has 0 unspecified atom stereocenters. The lowest BCUT2D eigenvalue weighted by atomic mass is 10.2. The van der Waals surface area contributed by atoms with Crippen molar-refractivity contribution in [1.82, 2.24) is 20.4 Å². The van der Waals surface area contributed by atoms with Crippen LogP contribution in [0.2, 0.25) is 0 Å². The molecule has 0 bridgehead atoms. The predicted octanol–water partition coefficient (Wildman–Crippen LogP) is 3.43. The lowest BCUT2D eigenvalue weighted by Gasteiger charge is -2.22. The number of amides is 1. The SMILES string of the molecule is CNC(=O)c1ccc([C@@H]2CCCN2Cc2ccc(-c3ccn[nH]3)o2)s1. The molecule has 1 fully saturated rings. The Hall–Kier alpha value is -2.38. The summed E-state index contributed by atoms with van der Waals surface area (Å²) in [6.45, 7) is 1.81. The van der Waals surface area contributed by atoms with Gasteiger partial charge < -0.3 is 9.73 Å². The van der Waals surface area contributed by atoms with Crippen molar-refractivity contribution >= 4 is 17.2 Å². The Bertz CT molecular complexity index is 852. The number of H-pyrrole nitrogens is 1. The van der Waals surface area contributed by atoms with E-state index in [1.807, 2.05) is 24.3 Å². The Morgan fingerprint density at radius 3 is 3.12 bits per heavy atom. The van der Waals surface area contributed by atoms with Crippen LogP contribution in [0.3, 0.4) is 0 Å². The Labute approximate surface area is 149 Å². The number of rotatable bonds is 5. The van der Waals surface area contributed by atoms with Gasteiger partial charge in [0, 0.05) is 24.2 Å². The maximum atomic E-state index is 11.8. The minimum atomic E-state index is -0.0176. The molecule has 0 spiro atoms. The number of hydrogen-bond acceptors (Lipinski definition) is 5. The van der Waals surface area contributed by atoms with Gasteiger partial charge in [-0.15, -0.1) is 11.3 Å². The molecule has 2 N–H and O–H groups in total. The first-order valence-electron chi connectivity index (χ1n) is 8.39.